The highest BCUT2D eigenvalue weighted by Gasteiger charge is 2.00. The summed E-state index contributed by atoms with van der Waals surface area (Å²) in [5.74, 6) is 0. The highest BCUT2D eigenvalue weighted by Crippen LogP contribution is 1.99. The first-order valence-electron chi connectivity index (χ1n) is 4.70. The zero-order valence-corrected chi connectivity index (χ0v) is 8.03. The van der Waals surface area contributed by atoms with Gasteiger partial charge in [-0.05, 0) is 6.42 Å². The van der Waals surface area contributed by atoms with Crippen LogP contribution in [-0.4, -0.2) is 9.78 Å². The van der Waals surface area contributed by atoms with E-state index >= 15 is 0 Å². The van der Waals surface area contributed by atoms with Crippen LogP contribution in [0.25, 0.3) is 0 Å². The van der Waals surface area contributed by atoms with Gasteiger partial charge >= 0.3 is 0 Å². The third kappa shape index (κ3) is 3.03. The molecular weight excluding hydrogens is 150 g/mol. The molecule has 0 N–H and O–H groups in total. The van der Waals surface area contributed by atoms with Crippen molar-refractivity contribution in [1.29, 1.82) is 0 Å². The molecule has 0 unspecified atom stereocenters. The van der Waals surface area contributed by atoms with Crippen molar-refractivity contribution in [2.24, 2.45) is 7.05 Å². The molecule has 12 heavy (non-hydrogen) atoms. The van der Waals surface area contributed by atoms with Crippen molar-refractivity contribution in [3.8, 4) is 0 Å². The summed E-state index contributed by atoms with van der Waals surface area (Å²) in [5.41, 5.74) is 0. The fraction of sp³-hybridized carbons (Fsp3) is 0.778. The molecule has 0 atom stereocenters. The van der Waals surface area contributed by atoms with Gasteiger partial charge in [0.2, 0.25) is 6.33 Å². The summed E-state index contributed by atoms with van der Waals surface area (Å²) in [4.78, 5) is 0. The predicted molar refractivity (Wildman–Crippen MR) is 47.5 cm³/mol. The number of unbranched alkanes of at least 4 members (excludes halogenated alkanes) is 3. The molecule has 0 radical (unpaired) electrons. The van der Waals surface area contributed by atoms with Crippen LogP contribution in [0.1, 0.15) is 32.6 Å². The lowest BCUT2D eigenvalue weighted by molar-refractivity contribution is -0.672. The van der Waals surface area contributed by atoms with Crippen LogP contribution in [0.3, 0.4) is 0 Å². The van der Waals surface area contributed by atoms with E-state index in [0.29, 0.717) is 0 Å². The zero-order valence-electron chi connectivity index (χ0n) is 8.03. The second-order valence-electron chi connectivity index (χ2n) is 3.24. The molecule has 0 amide bonds. The van der Waals surface area contributed by atoms with Crippen LogP contribution in [-0.2, 0) is 13.6 Å². The summed E-state index contributed by atoms with van der Waals surface area (Å²) in [7, 11) is 2.00. The second kappa shape index (κ2) is 4.91. The zero-order chi connectivity index (χ0) is 8.81. The minimum absolute atomic E-state index is 1.06. The Morgan fingerprint density at radius 2 is 2.17 bits per heavy atom. The summed E-state index contributed by atoms with van der Waals surface area (Å²) in [6.45, 7) is 3.29. The maximum atomic E-state index is 4.19. The Kier molecular flexibility index (Phi) is 3.77. The number of aromatic nitrogens is 3. The van der Waals surface area contributed by atoms with Gasteiger partial charge in [0.15, 0.2) is 0 Å². The van der Waals surface area contributed by atoms with Gasteiger partial charge in [-0.15, -0.1) is 4.68 Å². The standard InChI is InChI=1S/C9H18N3/c1-3-4-5-6-7-12-9-11(2)8-10-12/h8-9H,3-7H2,1-2H3/q+1. The Morgan fingerprint density at radius 1 is 1.33 bits per heavy atom. The molecule has 1 aromatic heterocycles. The number of aryl methyl sites for hydroxylation is 2. The van der Waals surface area contributed by atoms with Crippen LogP contribution in [0.2, 0.25) is 0 Å². The molecule has 0 aliphatic rings. The highest BCUT2D eigenvalue weighted by atomic mass is 15.3. The van der Waals surface area contributed by atoms with Gasteiger partial charge in [0.1, 0.15) is 6.54 Å². The van der Waals surface area contributed by atoms with Crippen LogP contribution in [0, 0.1) is 0 Å². The molecule has 1 heterocycles. The maximum absolute atomic E-state index is 4.19. The second-order valence-corrected chi connectivity index (χ2v) is 3.24. The van der Waals surface area contributed by atoms with Crippen LogP contribution >= 0.6 is 0 Å². The largest absolute Gasteiger partial charge is 0.264 e. The first kappa shape index (κ1) is 9.23. The van der Waals surface area contributed by atoms with Crippen molar-refractivity contribution in [3.05, 3.63) is 12.7 Å². The molecule has 0 aliphatic heterocycles. The summed E-state index contributed by atoms with van der Waals surface area (Å²) in [6, 6.07) is 0. The number of nitrogens with zero attached hydrogens (tertiary/aromatic N) is 3. The molecule has 3 heteroatoms. The lowest BCUT2D eigenvalue weighted by Gasteiger charge is -1.93. The van der Waals surface area contributed by atoms with Crippen LogP contribution in [0.15, 0.2) is 12.7 Å². The maximum Gasteiger partial charge on any atom is 0.264 e. The van der Waals surface area contributed by atoms with Gasteiger partial charge in [-0.3, -0.25) is 0 Å². The van der Waals surface area contributed by atoms with Crippen molar-refractivity contribution < 1.29 is 4.57 Å². The van der Waals surface area contributed by atoms with Crippen LogP contribution < -0.4 is 4.57 Å². The lowest BCUT2D eigenvalue weighted by Crippen LogP contribution is -2.23. The molecule has 0 spiro atoms. The van der Waals surface area contributed by atoms with Gasteiger partial charge in [-0.25, -0.2) is 4.57 Å². The molecule has 68 valence electrons. The molecule has 0 aliphatic carbocycles. The fourth-order valence-corrected chi connectivity index (χ4v) is 1.23. The summed E-state index contributed by atoms with van der Waals surface area (Å²) in [6.07, 6.45) is 9.06. The lowest BCUT2D eigenvalue weighted by atomic mass is 10.2. The van der Waals surface area contributed by atoms with Crippen molar-refractivity contribution >= 4 is 0 Å². The topological polar surface area (TPSA) is 21.7 Å². The Bertz CT molecular complexity index is 217. The van der Waals surface area contributed by atoms with Crippen molar-refractivity contribution in [3.63, 3.8) is 0 Å². The average Bonchev–Trinajstić information content (AvgIpc) is 2.45. The molecular formula is C9H18N3+. The van der Waals surface area contributed by atoms with Gasteiger partial charge in [0, 0.05) is 5.10 Å². The number of hydrogen-bond donors (Lipinski definition) is 0. The van der Waals surface area contributed by atoms with E-state index in [-0.39, 0.29) is 0 Å². The van der Waals surface area contributed by atoms with Gasteiger partial charge in [-0.1, -0.05) is 26.2 Å². The van der Waals surface area contributed by atoms with Crippen LogP contribution in [0.4, 0.5) is 0 Å². The van der Waals surface area contributed by atoms with E-state index < -0.39 is 0 Å². The van der Waals surface area contributed by atoms with Gasteiger partial charge < -0.3 is 0 Å². The average molecular weight is 168 g/mol. The van der Waals surface area contributed by atoms with E-state index in [1.807, 2.05) is 29.0 Å². The molecule has 0 saturated heterocycles. The van der Waals surface area contributed by atoms with E-state index in [1.54, 1.807) is 0 Å². The Morgan fingerprint density at radius 3 is 2.75 bits per heavy atom. The molecule has 0 bridgehead atoms. The molecule has 0 fully saturated rings. The minimum atomic E-state index is 1.06. The Balaban J connectivity index is 2.15. The molecule has 0 saturated carbocycles. The SMILES string of the molecule is CCCCCCn1c[n+](C)cn1. The Labute approximate surface area is 74.0 Å². The molecule has 0 aromatic carbocycles. The third-order valence-electron chi connectivity index (χ3n) is 1.94. The summed E-state index contributed by atoms with van der Waals surface area (Å²) < 4.78 is 3.97. The Hall–Kier alpha value is -0.860. The summed E-state index contributed by atoms with van der Waals surface area (Å²) in [5, 5.41) is 4.19. The highest BCUT2D eigenvalue weighted by molar-refractivity contribution is 4.47. The molecule has 3 nitrogen and oxygen atoms in total. The summed E-state index contributed by atoms with van der Waals surface area (Å²) >= 11 is 0. The van der Waals surface area contributed by atoms with E-state index in [1.165, 1.54) is 25.7 Å². The number of hydrogen-bond acceptors (Lipinski definition) is 1. The van der Waals surface area contributed by atoms with Crippen molar-refractivity contribution in [2.75, 3.05) is 0 Å². The minimum Gasteiger partial charge on any atom is -0.240 e. The van der Waals surface area contributed by atoms with Crippen LogP contribution in [0.5, 0.6) is 0 Å². The third-order valence-corrected chi connectivity index (χ3v) is 1.94. The van der Waals surface area contributed by atoms with Gasteiger partial charge in [-0.2, -0.15) is 0 Å². The van der Waals surface area contributed by atoms with Gasteiger partial charge in [0.25, 0.3) is 6.33 Å². The quantitative estimate of drug-likeness (QED) is 0.479. The smallest absolute Gasteiger partial charge is 0.240 e. The van der Waals surface area contributed by atoms with E-state index in [2.05, 4.69) is 12.0 Å². The monoisotopic (exact) mass is 168 g/mol. The predicted octanol–water partition coefficient (Wildman–Crippen LogP) is 1.29. The molecule has 1 aromatic rings. The first-order chi connectivity index (χ1) is 5.83. The van der Waals surface area contributed by atoms with E-state index in [4.69, 9.17) is 0 Å². The first-order valence-corrected chi connectivity index (χ1v) is 4.70. The normalized spacial score (nSPS) is 10.5. The number of rotatable bonds is 5. The van der Waals surface area contributed by atoms with Crippen molar-refractivity contribution in [2.45, 2.75) is 39.2 Å². The van der Waals surface area contributed by atoms with E-state index in [9.17, 15) is 0 Å². The fourth-order valence-electron chi connectivity index (χ4n) is 1.23. The van der Waals surface area contributed by atoms with Crippen molar-refractivity contribution in [1.82, 2.24) is 9.78 Å². The van der Waals surface area contributed by atoms with E-state index in [0.717, 1.165) is 6.54 Å². The molecule has 1 rings (SSSR count). The van der Waals surface area contributed by atoms with Gasteiger partial charge in [0.05, 0.1) is 7.05 Å².